The number of hydrogen-bond donors (Lipinski definition) is 1. The number of amides is 1. The van der Waals surface area contributed by atoms with Crippen molar-refractivity contribution in [3.05, 3.63) is 65.9 Å². The van der Waals surface area contributed by atoms with Gasteiger partial charge in [0.25, 0.3) is 0 Å². The molecule has 0 saturated carbocycles. The van der Waals surface area contributed by atoms with Crippen LogP contribution in [0.25, 0.3) is 5.69 Å². The number of nitrogens with one attached hydrogen (secondary N) is 1. The molecule has 7 heteroatoms. The van der Waals surface area contributed by atoms with Crippen molar-refractivity contribution in [1.82, 2.24) is 19.7 Å². The number of rotatable bonds is 5. The lowest BCUT2D eigenvalue weighted by Gasteiger charge is -2.12. The molecule has 2 aromatic heterocycles. The van der Waals surface area contributed by atoms with Crippen LogP contribution in [0.5, 0.6) is 0 Å². The molecule has 0 radical (unpaired) electrons. The van der Waals surface area contributed by atoms with Crippen LogP contribution in [0.4, 0.5) is 5.82 Å². The zero-order valence-corrected chi connectivity index (χ0v) is 15.1. The maximum atomic E-state index is 12.1. The molecule has 3 heterocycles. The molecule has 136 valence electrons. The van der Waals surface area contributed by atoms with E-state index in [1.807, 2.05) is 41.0 Å². The molecule has 1 aromatic carbocycles. The van der Waals surface area contributed by atoms with Crippen LogP contribution >= 0.6 is 0 Å². The van der Waals surface area contributed by atoms with E-state index in [-0.39, 0.29) is 5.91 Å². The molecule has 0 spiro atoms. The summed E-state index contributed by atoms with van der Waals surface area (Å²) in [5.74, 6) is 1.25. The van der Waals surface area contributed by atoms with Gasteiger partial charge in [-0.25, -0.2) is 4.98 Å². The van der Waals surface area contributed by atoms with E-state index in [0.717, 1.165) is 35.6 Å². The molecule has 0 bridgehead atoms. The Morgan fingerprint density at radius 3 is 2.85 bits per heavy atom. The van der Waals surface area contributed by atoms with Gasteiger partial charge in [0.2, 0.25) is 5.91 Å². The number of benzene rings is 1. The fourth-order valence-corrected chi connectivity index (χ4v) is 3.05. The van der Waals surface area contributed by atoms with E-state index in [9.17, 15) is 4.79 Å². The summed E-state index contributed by atoms with van der Waals surface area (Å²) in [7, 11) is 0. The Bertz CT molecular complexity index is 993. The molecule has 1 aliphatic rings. The molecule has 0 saturated heterocycles. The van der Waals surface area contributed by atoms with Crippen molar-refractivity contribution < 1.29 is 4.79 Å². The summed E-state index contributed by atoms with van der Waals surface area (Å²) >= 11 is 0. The van der Waals surface area contributed by atoms with Crippen molar-refractivity contribution in [2.45, 2.75) is 32.7 Å². The first-order valence-corrected chi connectivity index (χ1v) is 9.06. The van der Waals surface area contributed by atoms with Gasteiger partial charge in [-0.05, 0) is 18.6 Å². The summed E-state index contributed by atoms with van der Waals surface area (Å²) in [5.41, 5.74) is 3.30. The molecule has 1 aliphatic heterocycles. The van der Waals surface area contributed by atoms with Crippen LogP contribution in [0.2, 0.25) is 0 Å². The highest BCUT2D eigenvalue weighted by Gasteiger charge is 2.21. The molecule has 0 atom stereocenters. The largest absolute Gasteiger partial charge is 0.311 e. The topological polar surface area (TPSA) is 85.1 Å². The van der Waals surface area contributed by atoms with E-state index < -0.39 is 0 Å². The quantitative estimate of drug-likeness (QED) is 0.757. The average molecular weight is 360 g/mol. The van der Waals surface area contributed by atoms with E-state index in [1.54, 1.807) is 12.4 Å². The molecule has 0 fully saturated rings. The number of pyridine rings is 1. The van der Waals surface area contributed by atoms with E-state index in [2.05, 4.69) is 22.4 Å². The second kappa shape index (κ2) is 7.49. The highest BCUT2D eigenvalue weighted by molar-refractivity contribution is 6.14. The van der Waals surface area contributed by atoms with Gasteiger partial charge in [0.15, 0.2) is 5.82 Å². The van der Waals surface area contributed by atoms with Crippen molar-refractivity contribution in [2.24, 2.45) is 4.99 Å². The summed E-state index contributed by atoms with van der Waals surface area (Å²) < 4.78 is 1.89. The van der Waals surface area contributed by atoms with Crippen molar-refractivity contribution in [1.29, 1.82) is 0 Å². The van der Waals surface area contributed by atoms with E-state index >= 15 is 0 Å². The molecule has 1 N–H and O–H groups in total. The highest BCUT2D eigenvalue weighted by Crippen LogP contribution is 2.24. The third-order valence-electron chi connectivity index (χ3n) is 4.43. The van der Waals surface area contributed by atoms with Crippen molar-refractivity contribution in [3.8, 4) is 5.69 Å². The van der Waals surface area contributed by atoms with E-state index in [0.29, 0.717) is 24.5 Å². The number of carbonyl (C=O) groups is 1. The van der Waals surface area contributed by atoms with Crippen molar-refractivity contribution >= 4 is 17.4 Å². The first-order chi connectivity index (χ1) is 13.3. The van der Waals surface area contributed by atoms with Crippen LogP contribution in [-0.4, -0.2) is 31.4 Å². The van der Waals surface area contributed by atoms with Gasteiger partial charge in [-0.3, -0.25) is 14.4 Å². The van der Waals surface area contributed by atoms with Gasteiger partial charge in [0.1, 0.15) is 24.4 Å². The molecule has 7 nitrogen and oxygen atoms in total. The third kappa shape index (κ3) is 3.48. The minimum atomic E-state index is -0.0268. The van der Waals surface area contributed by atoms with Gasteiger partial charge >= 0.3 is 0 Å². The zero-order valence-electron chi connectivity index (χ0n) is 15.1. The normalized spacial score (nSPS) is 12.6. The number of aromatic nitrogens is 4. The maximum Gasteiger partial charge on any atom is 0.225 e. The van der Waals surface area contributed by atoms with Gasteiger partial charge < -0.3 is 5.32 Å². The van der Waals surface area contributed by atoms with Crippen molar-refractivity contribution in [2.75, 3.05) is 5.32 Å². The maximum absolute atomic E-state index is 12.1. The number of aliphatic imine (C=N–C) groups is 1. The van der Waals surface area contributed by atoms with Crippen LogP contribution in [-0.2, 0) is 11.3 Å². The van der Waals surface area contributed by atoms with Crippen LogP contribution in [0.15, 0.2) is 53.8 Å². The summed E-state index contributed by atoms with van der Waals surface area (Å²) in [6.07, 6.45) is 3.99. The minimum Gasteiger partial charge on any atom is -0.311 e. The molecule has 4 rings (SSSR count). The Kier molecular flexibility index (Phi) is 4.74. The smallest absolute Gasteiger partial charge is 0.225 e. The van der Waals surface area contributed by atoms with Crippen LogP contribution < -0.4 is 5.32 Å². The SMILES string of the molecule is CCCCC(=O)Nc1ccc2c(n1)C(c1ccccc1)=NCc1nncn1-2. The number of unbranched alkanes of at least 4 members (excludes halogenated alkanes) is 1. The highest BCUT2D eigenvalue weighted by atomic mass is 16.1. The second-order valence-corrected chi connectivity index (χ2v) is 6.36. The van der Waals surface area contributed by atoms with Crippen molar-refractivity contribution in [3.63, 3.8) is 0 Å². The molecular formula is C20H20N6O. The van der Waals surface area contributed by atoms with Gasteiger partial charge in [0, 0.05) is 12.0 Å². The van der Waals surface area contributed by atoms with Gasteiger partial charge in [-0.1, -0.05) is 43.7 Å². The third-order valence-corrected chi connectivity index (χ3v) is 4.43. The number of anilines is 1. The monoisotopic (exact) mass is 360 g/mol. The Balaban J connectivity index is 1.77. The fourth-order valence-electron chi connectivity index (χ4n) is 3.05. The standard InChI is InChI=1S/C20H20N6O/c1-2-3-9-18(27)23-16-11-10-15-20(24-16)19(14-7-5-4-6-8-14)21-12-17-25-22-13-26(15)17/h4-8,10-11,13H,2-3,9,12H2,1H3,(H,23,24,27). The molecular weight excluding hydrogens is 340 g/mol. The predicted molar refractivity (Wildman–Crippen MR) is 103 cm³/mol. The summed E-state index contributed by atoms with van der Waals surface area (Å²) in [5, 5.41) is 11.0. The zero-order chi connectivity index (χ0) is 18.6. The lowest BCUT2D eigenvalue weighted by molar-refractivity contribution is -0.116. The van der Waals surface area contributed by atoms with E-state index in [4.69, 9.17) is 9.98 Å². The first kappa shape index (κ1) is 17.1. The van der Waals surface area contributed by atoms with Gasteiger partial charge in [0.05, 0.1) is 11.4 Å². The van der Waals surface area contributed by atoms with Crippen LogP contribution in [0.3, 0.4) is 0 Å². The Morgan fingerprint density at radius 1 is 1.19 bits per heavy atom. The molecule has 1 amide bonds. The summed E-state index contributed by atoms with van der Waals surface area (Å²) in [4.78, 5) is 21.6. The van der Waals surface area contributed by atoms with Gasteiger partial charge in [-0.15, -0.1) is 10.2 Å². The number of hydrogen-bond acceptors (Lipinski definition) is 5. The lowest BCUT2D eigenvalue weighted by Crippen LogP contribution is -2.15. The minimum absolute atomic E-state index is 0.0268. The molecule has 3 aromatic rings. The predicted octanol–water partition coefficient (Wildman–Crippen LogP) is 3.14. The first-order valence-electron chi connectivity index (χ1n) is 9.06. The fraction of sp³-hybridized carbons (Fsp3) is 0.250. The lowest BCUT2D eigenvalue weighted by atomic mass is 10.1. The van der Waals surface area contributed by atoms with Crippen LogP contribution in [0, 0.1) is 0 Å². The molecule has 0 unspecified atom stereocenters. The summed E-state index contributed by atoms with van der Waals surface area (Å²) in [6.45, 7) is 2.48. The second-order valence-electron chi connectivity index (χ2n) is 6.36. The summed E-state index contributed by atoms with van der Waals surface area (Å²) in [6, 6.07) is 13.6. The average Bonchev–Trinajstić information content (AvgIpc) is 3.10. The number of fused-ring (bicyclic) bond motifs is 3. The molecule has 0 aliphatic carbocycles. The number of nitrogens with zero attached hydrogens (tertiary/aromatic N) is 5. The van der Waals surface area contributed by atoms with Crippen LogP contribution in [0.1, 0.15) is 43.3 Å². The number of carbonyl (C=O) groups excluding carboxylic acids is 1. The Morgan fingerprint density at radius 2 is 2.04 bits per heavy atom. The Labute approximate surface area is 157 Å². The van der Waals surface area contributed by atoms with E-state index in [1.165, 1.54) is 0 Å². The Hall–Kier alpha value is -3.35. The molecule has 27 heavy (non-hydrogen) atoms. The van der Waals surface area contributed by atoms with Gasteiger partial charge in [-0.2, -0.15) is 0 Å².